The van der Waals surface area contributed by atoms with Crippen LogP contribution in [0.5, 0.6) is 23.8 Å². The molecular weight excluding hydrogens is 290 g/mol. The molecule has 8 nitrogen and oxygen atoms in total. The molecule has 1 aliphatic heterocycles. The van der Waals surface area contributed by atoms with Crippen LogP contribution >= 0.6 is 0 Å². The van der Waals surface area contributed by atoms with E-state index in [4.69, 9.17) is 18.9 Å². The molecule has 0 fully saturated rings. The third kappa shape index (κ3) is 2.39. The molecule has 2 heterocycles. The van der Waals surface area contributed by atoms with E-state index in [2.05, 4.69) is 15.0 Å². The Hall–Kier alpha value is -2.90. The van der Waals surface area contributed by atoms with Crippen molar-refractivity contribution in [2.75, 3.05) is 14.2 Å². The zero-order chi connectivity index (χ0) is 15.7. The summed E-state index contributed by atoms with van der Waals surface area (Å²) in [5.74, 6) is -0.131. The molecule has 3 rings (SSSR count). The van der Waals surface area contributed by atoms with Crippen molar-refractivity contribution in [2.24, 2.45) is 0 Å². The van der Waals surface area contributed by atoms with E-state index in [1.807, 2.05) is 6.07 Å². The Morgan fingerprint density at radius 3 is 2.32 bits per heavy atom. The Morgan fingerprint density at radius 2 is 1.68 bits per heavy atom. The van der Waals surface area contributed by atoms with E-state index in [0.717, 1.165) is 5.56 Å². The number of carbonyl (C=O) groups excluding carboxylic acids is 1. The number of fused-ring (bicyclic) bond motifs is 1. The van der Waals surface area contributed by atoms with E-state index in [9.17, 15) is 4.79 Å². The maximum atomic E-state index is 11.9. The molecule has 0 bridgehead atoms. The van der Waals surface area contributed by atoms with Crippen molar-refractivity contribution in [1.29, 1.82) is 0 Å². The van der Waals surface area contributed by atoms with Crippen LogP contribution in [-0.4, -0.2) is 35.1 Å². The molecule has 0 aliphatic carbocycles. The Morgan fingerprint density at radius 1 is 1.05 bits per heavy atom. The van der Waals surface area contributed by atoms with E-state index in [1.54, 1.807) is 19.1 Å². The molecule has 0 saturated carbocycles. The molecule has 2 aromatic rings. The van der Waals surface area contributed by atoms with Crippen LogP contribution in [-0.2, 0) is 4.74 Å². The van der Waals surface area contributed by atoms with Crippen LogP contribution in [0.25, 0.3) is 0 Å². The Bertz CT molecular complexity index is 712. The molecule has 1 atom stereocenters. The normalized spacial score (nSPS) is 16.0. The molecule has 8 heteroatoms. The zero-order valence-electron chi connectivity index (χ0n) is 12.2. The Kier molecular flexibility index (Phi) is 3.50. The van der Waals surface area contributed by atoms with E-state index in [-0.39, 0.29) is 24.1 Å². The molecule has 1 unspecified atom stereocenters. The molecule has 0 spiro atoms. The largest absolute Gasteiger partial charge is 0.467 e. The highest BCUT2D eigenvalue weighted by Gasteiger charge is 2.31. The van der Waals surface area contributed by atoms with Gasteiger partial charge in [-0.3, -0.25) is 0 Å². The summed E-state index contributed by atoms with van der Waals surface area (Å²) >= 11 is 0. The number of hydrogen-bond acceptors (Lipinski definition) is 8. The summed E-state index contributed by atoms with van der Waals surface area (Å²) in [6.45, 7) is 1.79. The number of benzene rings is 1. The van der Waals surface area contributed by atoms with Crippen LogP contribution < -0.4 is 14.2 Å². The minimum absolute atomic E-state index is 0.0375. The van der Waals surface area contributed by atoms with Gasteiger partial charge in [0.2, 0.25) is 0 Å². The van der Waals surface area contributed by atoms with Crippen molar-refractivity contribution in [1.82, 2.24) is 15.0 Å². The summed E-state index contributed by atoms with van der Waals surface area (Å²) in [5, 5.41) is 0. The highest BCUT2D eigenvalue weighted by Crippen LogP contribution is 2.37. The first-order chi connectivity index (χ1) is 10.6. The van der Waals surface area contributed by atoms with Crippen molar-refractivity contribution >= 4 is 5.97 Å². The number of ether oxygens (including phenoxy) is 4. The van der Waals surface area contributed by atoms with Crippen LogP contribution in [0, 0.1) is 0 Å². The van der Waals surface area contributed by atoms with E-state index in [1.165, 1.54) is 14.2 Å². The van der Waals surface area contributed by atoms with Gasteiger partial charge in [-0.15, -0.1) is 15.0 Å². The molecule has 1 aliphatic rings. The van der Waals surface area contributed by atoms with Gasteiger partial charge in [-0.25, -0.2) is 4.79 Å². The zero-order valence-corrected chi connectivity index (χ0v) is 12.2. The maximum Gasteiger partial charge on any atom is 0.342 e. The highest BCUT2D eigenvalue weighted by atomic mass is 16.6. The summed E-state index contributed by atoms with van der Waals surface area (Å²) in [6.07, 6.45) is -0.312. The van der Waals surface area contributed by atoms with Gasteiger partial charge in [0.25, 0.3) is 0 Å². The lowest BCUT2D eigenvalue weighted by molar-refractivity contribution is 0.0420. The smallest absolute Gasteiger partial charge is 0.342 e. The molecule has 0 N–H and O–H groups in total. The Labute approximate surface area is 126 Å². The Balaban J connectivity index is 2.00. The summed E-state index contributed by atoms with van der Waals surface area (Å²) in [5.41, 5.74) is 1.13. The fourth-order valence-electron chi connectivity index (χ4n) is 2.12. The summed E-state index contributed by atoms with van der Waals surface area (Å²) in [4.78, 5) is 23.7. The number of aromatic nitrogens is 3. The maximum absolute atomic E-state index is 11.9. The van der Waals surface area contributed by atoms with Gasteiger partial charge >= 0.3 is 24.0 Å². The summed E-state index contributed by atoms with van der Waals surface area (Å²) in [7, 11) is 2.83. The van der Waals surface area contributed by atoms with Crippen molar-refractivity contribution in [3.8, 4) is 23.8 Å². The van der Waals surface area contributed by atoms with Gasteiger partial charge in [-0.2, -0.15) is 0 Å². The number of nitrogens with zero attached hydrogens (tertiary/aromatic N) is 3. The summed E-state index contributed by atoms with van der Waals surface area (Å²) in [6, 6.07) is 5.27. The average molecular weight is 303 g/mol. The number of hydrogen-bond donors (Lipinski definition) is 0. The second-order valence-electron chi connectivity index (χ2n) is 4.46. The first-order valence-corrected chi connectivity index (χ1v) is 6.48. The standard InChI is InChI=1S/C14H13N3O5/c1-7-8-5-4-6-9(10(8)11(18)21-7)22-14-16-12(19-2)15-13(17-14)20-3/h4-7H,1-3H3. The molecule has 1 aromatic heterocycles. The van der Waals surface area contributed by atoms with E-state index in [0.29, 0.717) is 11.3 Å². The van der Waals surface area contributed by atoms with Crippen molar-refractivity contribution in [2.45, 2.75) is 13.0 Å². The SMILES string of the molecule is COc1nc(OC)nc(Oc2cccc3c2C(=O)OC3C)n1. The number of methoxy groups -OCH3 is 2. The lowest BCUT2D eigenvalue weighted by atomic mass is 10.1. The fraction of sp³-hybridized carbons (Fsp3) is 0.286. The quantitative estimate of drug-likeness (QED) is 0.791. The molecule has 0 amide bonds. The lowest BCUT2D eigenvalue weighted by Crippen LogP contribution is -2.03. The summed E-state index contributed by atoms with van der Waals surface area (Å²) < 4.78 is 20.7. The predicted molar refractivity (Wildman–Crippen MR) is 73.3 cm³/mol. The first-order valence-electron chi connectivity index (χ1n) is 6.48. The minimum Gasteiger partial charge on any atom is -0.467 e. The topological polar surface area (TPSA) is 92.7 Å². The van der Waals surface area contributed by atoms with E-state index < -0.39 is 5.97 Å². The van der Waals surface area contributed by atoms with Gasteiger partial charge < -0.3 is 18.9 Å². The fourth-order valence-corrected chi connectivity index (χ4v) is 2.12. The number of cyclic esters (lactones) is 1. The molecule has 114 valence electrons. The number of rotatable bonds is 4. The number of esters is 1. The van der Waals surface area contributed by atoms with Crippen molar-refractivity contribution in [3.05, 3.63) is 29.3 Å². The van der Waals surface area contributed by atoms with Gasteiger partial charge in [0.05, 0.1) is 14.2 Å². The van der Waals surface area contributed by atoms with Crippen LogP contribution in [0.2, 0.25) is 0 Å². The van der Waals surface area contributed by atoms with Gasteiger partial charge in [0.1, 0.15) is 17.4 Å². The molecule has 1 aromatic carbocycles. The minimum atomic E-state index is -0.439. The third-order valence-electron chi connectivity index (χ3n) is 3.12. The van der Waals surface area contributed by atoms with Crippen molar-refractivity contribution < 1.29 is 23.7 Å². The number of carbonyl (C=O) groups is 1. The van der Waals surface area contributed by atoms with Crippen LogP contribution in [0.3, 0.4) is 0 Å². The van der Waals surface area contributed by atoms with Gasteiger partial charge in [-0.1, -0.05) is 12.1 Å². The van der Waals surface area contributed by atoms with Gasteiger partial charge in [0.15, 0.2) is 0 Å². The average Bonchev–Trinajstić information content (AvgIpc) is 2.82. The first kappa shape index (κ1) is 14.1. The highest BCUT2D eigenvalue weighted by molar-refractivity contribution is 5.97. The van der Waals surface area contributed by atoms with Crippen LogP contribution in [0.4, 0.5) is 0 Å². The lowest BCUT2D eigenvalue weighted by Gasteiger charge is -2.08. The molecule has 22 heavy (non-hydrogen) atoms. The van der Waals surface area contributed by atoms with Crippen LogP contribution in [0.15, 0.2) is 18.2 Å². The predicted octanol–water partition coefficient (Wildman–Crippen LogP) is 1.91. The second kappa shape index (κ2) is 5.47. The van der Waals surface area contributed by atoms with Gasteiger partial charge in [-0.05, 0) is 13.0 Å². The van der Waals surface area contributed by atoms with Gasteiger partial charge in [0, 0.05) is 5.56 Å². The monoisotopic (exact) mass is 303 g/mol. The van der Waals surface area contributed by atoms with E-state index >= 15 is 0 Å². The van der Waals surface area contributed by atoms with Crippen LogP contribution in [0.1, 0.15) is 28.9 Å². The van der Waals surface area contributed by atoms with Crippen molar-refractivity contribution in [3.63, 3.8) is 0 Å². The third-order valence-corrected chi connectivity index (χ3v) is 3.12. The molecule has 0 saturated heterocycles. The molecular formula is C14H13N3O5. The second-order valence-corrected chi connectivity index (χ2v) is 4.46. The molecule has 0 radical (unpaired) electrons.